The molecule has 47 heavy (non-hydrogen) atoms. The predicted octanol–water partition coefficient (Wildman–Crippen LogP) is 11.7. The molecule has 7 aromatic carbocycles. The second-order valence-electron chi connectivity index (χ2n) is 11.6. The fourth-order valence-corrected chi connectivity index (χ4v) is 7.12. The first-order valence-corrected chi connectivity index (χ1v) is 15.8. The van der Waals surface area contributed by atoms with Crippen molar-refractivity contribution in [3.63, 3.8) is 0 Å². The van der Waals surface area contributed by atoms with E-state index >= 15 is 0 Å². The summed E-state index contributed by atoms with van der Waals surface area (Å²) in [7, 11) is 0. The summed E-state index contributed by atoms with van der Waals surface area (Å²) in [4.78, 5) is 9.22. The van der Waals surface area contributed by atoms with Crippen LogP contribution in [0, 0.1) is 12.3 Å². The predicted molar refractivity (Wildman–Crippen MR) is 200 cm³/mol. The number of benzene rings is 7. The molecule has 8 aromatic rings. The van der Waals surface area contributed by atoms with E-state index in [2.05, 4.69) is 144 Å². The molecule has 0 saturated carbocycles. The van der Waals surface area contributed by atoms with Gasteiger partial charge in [0.25, 0.3) is 0 Å². The van der Waals surface area contributed by atoms with Crippen LogP contribution in [0.3, 0.4) is 0 Å². The number of aromatic nitrogens is 2. The van der Waals surface area contributed by atoms with Crippen molar-refractivity contribution in [2.45, 2.75) is 6.92 Å². The van der Waals surface area contributed by atoms with Gasteiger partial charge in [0.05, 0.1) is 5.52 Å². The number of hydrogen-bond donors (Lipinski definition) is 0. The zero-order valence-corrected chi connectivity index (χ0v) is 26.0. The lowest BCUT2D eigenvalue weighted by atomic mass is 9.84. The molecule has 0 spiro atoms. The molecular formula is C45H30N2. The molecule has 0 atom stereocenters. The van der Waals surface area contributed by atoms with E-state index in [1.807, 2.05) is 19.2 Å². The molecule has 0 fully saturated rings. The highest BCUT2D eigenvalue weighted by Gasteiger charge is 2.20. The standard InChI is InChI=1S/C45H30N2/c1-3-5-15-30(4-2)44-43(35-19-10-9-18-34(35)40-28-46-29-47-45(40)44)33-26-24-32(25-27-33)42-38-22-13-11-20-36(38)41(31-16-7-6-8-17-31)37-21-12-14-23-39(37)42/h1,4-29H,2H3/b15-5-,30-4+. The van der Waals surface area contributed by atoms with E-state index in [1.165, 1.54) is 43.8 Å². The Morgan fingerprint density at radius 2 is 1.02 bits per heavy atom. The first-order valence-electron chi connectivity index (χ1n) is 15.8. The average molecular weight is 599 g/mol. The fourth-order valence-electron chi connectivity index (χ4n) is 7.12. The maximum atomic E-state index is 5.67. The molecule has 8 rings (SSSR count). The van der Waals surface area contributed by atoms with Crippen LogP contribution in [-0.4, -0.2) is 9.97 Å². The van der Waals surface area contributed by atoms with Gasteiger partial charge < -0.3 is 0 Å². The molecule has 1 heterocycles. The van der Waals surface area contributed by atoms with Crippen molar-refractivity contribution in [3.8, 4) is 45.7 Å². The van der Waals surface area contributed by atoms with E-state index in [1.54, 1.807) is 12.4 Å². The van der Waals surface area contributed by atoms with Crippen LogP contribution < -0.4 is 0 Å². The van der Waals surface area contributed by atoms with Gasteiger partial charge in [0.1, 0.15) is 6.33 Å². The van der Waals surface area contributed by atoms with Crippen molar-refractivity contribution < 1.29 is 0 Å². The van der Waals surface area contributed by atoms with Crippen LogP contribution in [0.25, 0.3) is 82.2 Å². The second kappa shape index (κ2) is 11.9. The quantitative estimate of drug-likeness (QED) is 0.0852. The summed E-state index contributed by atoms with van der Waals surface area (Å²) in [5.74, 6) is 2.66. The summed E-state index contributed by atoms with van der Waals surface area (Å²) in [5.41, 5.74) is 10.1. The molecule has 0 amide bonds. The number of terminal acetylenes is 1. The van der Waals surface area contributed by atoms with Crippen molar-refractivity contribution in [1.82, 2.24) is 9.97 Å². The molecule has 2 heteroatoms. The minimum atomic E-state index is 0.904. The van der Waals surface area contributed by atoms with Gasteiger partial charge in [-0.15, -0.1) is 6.42 Å². The first kappa shape index (κ1) is 28.2. The Balaban J connectivity index is 1.40. The Bertz CT molecular complexity index is 2510. The van der Waals surface area contributed by atoms with Gasteiger partial charge in [-0.25, -0.2) is 9.97 Å². The third-order valence-electron chi connectivity index (χ3n) is 9.10. The normalized spacial score (nSPS) is 12.0. The molecule has 0 saturated heterocycles. The third kappa shape index (κ3) is 4.69. The van der Waals surface area contributed by atoms with Gasteiger partial charge in [-0.3, -0.25) is 0 Å². The van der Waals surface area contributed by atoms with Crippen molar-refractivity contribution in [1.29, 1.82) is 0 Å². The van der Waals surface area contributed by atoms with Crippen LogP contribution in [0.4, 0.5) is 0 Å². The summed E-state index contributed by atoms with van der Waals surface area (Å²) >= 11 is 0. The Kier molecular flexibility index (Phi) is 7.14. The molecule has 0 bridgehead atoms. The molecule has 0 aliphatic heterocycles. The Morgan fingerprint density at radius 3 is 1.55 bits per heavy atom. The van der Waals surface area contributed by atoms with E-state index < -0.39 is 0 Å². The third-order valence-corrected chi connectivity index (χ3v) is 9.10. The smallest absolute Gasteiger partial charge is 0.116 e. The van der Waals surface area contributed by atoms with Crippen molar-refractivity contribution >= 4 is 48.8 Å². The molecule has 0 unspecified atom stereocenters. The SMILES string of the molecule is C#C/C=C\C(=C/C)c1c(-c2ccc(-c3c4ccccc4c(-c4ccccc4)c4ccccc34)cc2)c2ccccc2c2cncnc12. The maximum Gasteiger partial charge on any atom is 0.116 e. The van der Waals surface area contributed by atoms with Gasteiger partial charge in [0, 0.05) is 17.1 Å². The van der Waals surface area contributed by atoms with Crippen LogP contribution in [0.5, 0.6) is 0 Å². The van der Waals surface area contributed by atoms with Crippen LogP contribution in [0.1, 0.15) is 12.5 Å². The molecule has 2 nitrogen and oxygen atoms in total. The van der Waals surface area contributed by atoms with E-state index in [-0.39, 0.29) is 0 Å². The molecular weight excluding hydrogens is 569 g/mol. The van der Waals surface area contributed by atoms with Gasteiger partial charge in [0.15, 0.2) is 0 Å². The highest BCUT2D eigenvalue weighted by Crippen LogP contribution is 2.45. The highest BCUT2D eigenvalue weighted by atomic mass is 14.8. The Labute approximate surface area is 274 Å². The number of nitrogens with zero attached hydrogens (tertiary/aromatic N) is 2. The summed E-state index contributed by atoms with van der Waals surface area (Å²) in [6.07, 6.45) is 15.0. The lowest BCUT2D eigenvalue weighted by molar-refractivity contribution is 1.22. The monoisotopic (exact) mass is 598 g/mol. The molecule has 0 N–H and O–H groups in total. The van der Waals surface area contributed by atoms with Crippen LogP contribution in [0.15, 0.2) is 158 Å². The molecule has 0 aliphatic rings. The zero-order chi connectivity index (χ0) is 31.7. The Morgan fingerprint density at radius 1 is 0.553 bits per heavy atom. The van der Waals surface area contributed by atoms with Crippen LogP contribution in [-0.2, 0) is 0 Å². The number of fused-ring (bicyclic) bond motifs is 5. The van der Waals surface area contributed by atoms with Gasteiger partial charge in [-0.05, 0) is 90.3 Å². The van der Waals surface area contributed by atoms with Gasteiger partial charge in [-0.2, -0.15) is 0 Å². The van der Waals surface area contributed by atoms with Crippen LogP contribution in [0.2, 0.25) is 0 Å². The molecule has 0 radical (unpaired) electrons. The largest absolute Gasteiger partial charge is 0.244 e. The maximum absolute atomic E-state index is 5.67. The van der Waals surface area contributed by atoms with E-state index in [0.717, 1.165) is 43.9 Å². The minimum absolute atomic E-state index is 0.904. The fraction of sp³-hybridized carbons (Fsp3) is 0.0222. The topological polar surface area (TPSA) is 25.8 Å². The lowest BCUT2D eigenvalue weighted by Crippen LogP contribution is -1.97. The first-order chi connectivity index (χ1) is 23.3. The van der Waals surface area contributed by atoms with Gasteiger partial charge in [-0.1, -0.05) is 139 Å². The van der Waals surface area contributed by atoms with Gasteiger partial charge in [0.2, 0.25) is 0 Å². The minimum Gasteiger partial charge on any atom is -0.244 e. The van der Waals surface area contributed by atoms with Crippen molar-refractivity contribution in [2.24, 2.45) is 0 Å². The summed E-state index contributed by atoms with van der Waals surface area (Å²) in [6.45, 7) is 2.04. The van der Waals surface area contributed by atoms with Crippen molar-refractivity contribution in [2.75, 3.05) is 0 Å². The van der Waals surface area contributed by atoms with E-state index in [0.29, 0.717) is 0 Å². The summed E-state index contributed by atoms with van der Waals surface area (Å²) in [5, 5.41) is 8.26. The zero-order valence-electron chi connectivity index (χ0n) is 26.0. The highest BCUT2D eigenvalue weighted by molar-refractivity contribution is 6.22. The number of rotatable bonds is 5. The molecule has 1 aromatic heterocycles. The van der Waals surface area contributed by atoms with E-state index in [4.69, 9.17) is 11.4 Å². The summed E-state index contributed by atoms with van der Waals surface area (Å²) in [6, 6.07) is 45.8. The molecule has 220 valence electrons. The summed E-state index contributed by atoms with van der Waals surface area (Å²) < 4.78 is 0. The number of hydrogen-bond acceptors (Lipinski definition) is 2. The van der Waals surface area contributed by atoms with Gasteiger partial charge >= 0.3 is 0 Å². The second-order valence-corrected chi connectivity index (χ2v) is 11.6. The average Bonchev–Trinajstić information content (AvgIpc) is 3.14. The van der Waals surface area contributed by atoms with E-state index in [9.17, 15) is 0 Å². The number of allylic oxidation sites excluding steroid dienone is 4. The van der Waals surface area contributed by atoms with Crippen LogP contribution >= 0.6 is 0 Å². The van der Waals surface area contributed by atoms with Crippen molar-refractivity contribution in [3.05, 3.63) is 164 Å². The lowest BCUT2D eigenvalue weighted by Gasteiger charge is -2.19. The Hall–Kier alpha value is -6.30. The molecule has 0 aliphatic carbocycles.